The van der Waals surface area contributed by atoms with Crippen molar-refractivity contribution in [1.82, 2.24) is 0 Å². The maximum absolute atomic E-state index is 11.8. The fraction of sp³-hybridized carbons (Fsp3) is 0.529. The van der Waals surface area contributed by atoms with Crippen LogP contribution >= 0.6 is 0 Å². The van der Waals surface area contributed by atoms with Crippen molar-refractivity contribution in [3.8, 4) is 0 Å². The minimum atomic E-state index is -0.699. The van der Waals surface area contributed by atoms with Crippen LogP contribution in [0.25, 0.3) is 0 Å². The monoisotopic (exact) mass is 276 g/mol. The molecule has 0 heterocycles. The summed E-state index contributed by atoms with van der Waals surface area (Å²) in [6.07, 6.45) is 0.401. The zero-order valence-electron chi connectivity index (χ0n) is 13.0. The van der Waals surface area contributed by atoms with Crippen LogP contribution in [-0.2, 0) is 26.2 Å². The SMILES string of the molecule is CCOC(=O)C(Cc1ccc(C(C)(C)C)cc1)C(C)=O. The second-order valence-corrected chi connectivity index (χ2v) is 6.07. The quantitative estimate of drug-likeness (QED) is 0.612. The molecule has 1 rings (SSSR count). The summed E-state index contributed by atoms with van der Waals surface area (Å²) in [7, 11) is 0. The molecule has 1 atom stereocenters. The van der Waals surface area contributed by atoms with Gasteiger partial charge in [-0.3, -0.25) is 9.59 Å². The fourth-order valence-electron chi connectivity index (χ4n) is 2.01. The number of rotatable bonds is 5. The topological polar surface area (TPSA) is 43.4 Å². The van der Waals surface area contributed by atoms with Crippen LogP contribution in [0, 0.1) is 5.92 Å². The molecule has 0 radical (unpaired) electrons. The van der Waals surface area contributed by atoms with E-state index in [-0.39, 0.29) is 11.2 Å². The lowest BCUT2D eigenvalue weighted by atomic mass is 9.86. The first kappa shape index (κ1) is 16.4. The van der Waals surface area contributed by atoms with Gasteiger partial charge in [-0.2, -0.15) is 0 Å². The smallest absolute Gasteiger partial charge is 0.316 e. The van der Waals surface area contributed by atoms with E-state index < -0.39 is 11.9 Å². The van der Waals surface area contributed by atoms with Gasteiger partial charge in [0.25, 0.3) is 0 Å². The van der Waals surface area contributed by atoms with Gasteiger partial charge in [0.2, 0.25) is 0 Å². The molecule has 0 aliphatic heterocycles. The lowest BCUT2D eigenvalue weighted by molar-refractivity contribution is -0.151. The number of benzene rings is 1. The van der Waals surface area contributed by atoms with Crippen LogP contribution in [0.5, 0.6) is 0 Å². The lowest BCUT2D eigenvalue weighted by Gasteiger charge is -2.19. The van der Waals surface area contributed by atoms with E-state index in [1.807, 2.05) is 12.1 Å². The highest BCUT2D eigenvalue weighted by atomic mass is 16.5. The number of hydrogen-bond acceptors (Lipinski definition) is 3. The van der Waals surface area contributed by atoms with E-state index in [9.17, 15) is 9.59 Å². The van der Waals surface area contributed by atoms with E-state index in [1.165, 1.54) is 12.5 Å². The maximum Gasteiger partial charge on any atom is 0.316 e. The van der Waals surface area contributed by atoms with E-state index in [2.05, 4.69) is 32.9 Å². The Morgan fingerprint density at radius 2 is 1.70 bits per heavy atom. The minimum Gasteiger partial charge on any atom is -0.465 e. The molecule has 3 nitrogen and oxygen atoms in total. The van der Waals surface area contributed by atoms with Crippen LogP contribution in [0.4, 0.5) is 0 Å². The molecule has 0 aromatic heterocycles. The first-order valence-corrected chi connectivity index (χ1v) is 7.02. The van der Waals surface area contributed by atoms with Crippen LogP contribution in [-0.4, -0.2) is 18.4 Å². The molecule has 1 unspecified atom stereocenters. The zero-order valence-corrected chi connectivity index (χ0v) is 13.0. The molecule has 0 amide bonds. The molecule has 1 aromatic rings. The fourth-order valence-corrected chi connectivity index (χ4v) is 2.01. The highest BCUT2D eigenvalue weighted by molar-refractivity contribution is 5.98. The van der Waals surface area contributed by atoms with Gasteiger partial charge < -0.3 is 4.74 Å². The Balaban J connectivity index is 2.85. The van der Waals surface area contributed by atoms with Gasteiger partial charge in [-0.15, -0.1) is 0 Å². The summed E-state index contributed by atoms with van der Waals surface area (Å²) >= 11 is 0. The number of Topliss-reactive ketones (excluding diaryl/α,β-unsaturated/α-hetero) is 1. The van der Waals surface area contributed by atoms with Gasteiger partial charge >= 0.3 is 5.97 Å². The van der Waals surface area contributed by atoms with E-state index in [1.54, 1.807) is 6.92 Å². The third kappa shape index (κ3) is 4.48. The van der Waals surface area contributed by atoms with Crippen molar-refractivity contribution in [2.45, 2.75) is 46.5 Å². The second kappa shape index (κ2) is 6.69. The minimum absolute atomic E-state index is 0.0969. The molecule has 0 spiro atoms. The Hall–Kier alpha value is -1.64. The van der Waals surface area contributed by atoms with Crippen LogP contribution in [0.2, 0.25) is 0 Å². The molecule has 3 heteroatoms. The van der Waals surface area contributed by atoms with Crippen molar-refractivity contribution < 1.29 is 14.3 Å². The largest absolute Gasteiger partial charge is 0.465 e. The molecule has 20 heavy (non-hydrogen) atoms. The molecule has 0 fully saturated rings. The first-order valence-electron chi connectivity index (χ1n) is 7.02. The van der Waals surface area contributed by atoms with Crippen molar-refractivity contribution >= 4 is 11.8 Å². The summed E-state index contributed by atoms with van der Waals surface area (Å²) in [4.78, 5) is 23.4. The van der Waals surface area contributed by atoms with E-state index >= 15 is 0 Å². The maximum atomic E-state index is 11.8. The van der Waals surface area contributed by atoms with Crippen LogP contribution in [0.3, 0.4) is 0 Å². The first-order chi connectivity index (χ1) is 9.25. The van der Waals surface area contributed by atoms with E-state index in [4.69, 9.17) is 4.74 Å². The molecule has 0 aliphatic carbocycles. The number of ketones is 1. The molecule has 110 valence electrons. The number of carbonyl (C=O) groups is 2. The van der Waals surface area contributed by atoms with Crippen molar-refractivity contribution in [2.75, 3.05) is 6.61 Å². The summed E-state index contributed by atoms with van der Waals surface area (Å²) < 4.78 is 4.96. The number of carbonyl (C=O) groups excluding carboxylic acids is 2. The number of ether oxygens (including phenoxy) is 1. The van der Waals surface area contributed by atoms with E-state index in [0.29, 0.717) is 13.0 Å². The molecule has 0 bridgehead atoms. The van der Waals surface area contributed by atoms with Gasteiger partial charge in [0.1, 0.15) is 11.7 Å². The average Bonchev–Trinajstić information content (AvgIpc) is 2.35. The van der Waals surface area contributed by atoms with Gasteiger partial charge in [0, 0.05) is 0 Å². The van der Waals surface area contributed by atoms with E-state index in [0.717, 1.165) is 5.56 Å². The molecule has 0 saturated heterocycles. The Morgan fingerprint density at radius 3 is 2.10 bits per heavy atom. The van der Waals surface area contributed by atoms with Crippen LogP contribution in [0.15, 0.2) is 24.3 Å². The molecule has 0 saturated carbocycles. The van der Waals surface area contributed by atoms with Gasteiger partial charge in [0.05, 0.1) is 6.61 Å². The number of esters is 1. The van der Waals surface area contributed by atoms with Crippen LogP contribution in [0.1, 0.15) is 45.7 Å². The average molecular weight is 276 g/mol. The highest BCUT2D eigenvalue weighted by Gasteiger charge is 2.25. The third-order valence-electron chi connectivity index (χ3n) is 3.32. The number of hydrogen-bond donors (Lipinski definition) is 0. The molecule has 0 N–H and O–H groups in total. The summed E-state index contributed by atoms with van der Waals surface area (Å²) in [6, 6.07) is 8.07. The summed E-state index contributed by atoms with van der Waals surface area (Å²) in [5.41, 5.74) is 2.31. The second-order valence-electron chi connectivity index (χ2n) is 6.07. The van der Waals surface area contributed by atoms with Gasteiger partial charge in [-0.05, 0) is 36.8 Å². The molecule has 1 aromatic carbocycles. The van der Waals surface area contributed by atoms with Gasteiger partial charge in [0.15, 0.2) is 0 Å². The Labute approximate surface area is 121 Å². The Bertz CT molecular complexity index is 466. The van der Waals surface area contributed by atoms with Crippen molar-refractivity contribution in [1.29, 1.82) is 0 Å². The van der Waals surface area contributed by atoms with Crippen molar-refractivity contribution in [3.05, 3.63) is 35.4 Å². The summed E-state index contributed by atoms with van der Waals surface area (Å²) in [5.74, 6) is -1.28. The van der Waals surface area contributed by atoms with Crippen LogP contribution < -0.4 is 0 Å². The van der Waals surface area contributed by atoms with Gasteiger partial charge in [-0.1, -0.05) is 45.0 Å². The summed E-state index contributed by atoms with van der Waals surface area (Å²) in [6.45, 7) is 9.93. The summed E-state index contributed by atoms with van der Waals surface area (Å²) in [5, 5.41) is 0. The molecular formula is C17H24O3. The lowest BCUT2D eigenvalue weighted by Crippen LogP contribution is -2.26. The zero-order chi connectivity index (χ0) is 15.3. The highest BCUT2D eigenvalue weighted by Crippen LogP contribution is 2.23. The van der Waals surface area contributed by atoms with Gasteiger partial charge in [-0.25, -0.2) is 0 Å². The molecular weight excluding hydrogens is 252 g/mol. The normalized spacial score (nSPS) is 12.8. The predicted molar refractivity (Wildman–Crippen MR) is 79.7 cm³/mol. The van der Waals surface area contributed by atoms with Crippen molar-refractivity contribution in [3.63, 3.8) is 0 Å². The van der Waals surface area contributed by atoms with Crippen molar-refractivity contribution in [2.24, 2.45) is 5.92 Å². The predicted octanol–water partition coefficient (Wildman–Crippen LogP) is 3.29. The standard InChI is InChI=1S/C17H24O3/c1-6-20-16(19)15(12(2)18)11-13-7-9-14(10-8-13)17(3,4)5/h7-10,15H,6,11H2,1-5H3. The Kier molecular flexibility index (Phi) is 5.49. The third-order valence-corrected chi connectivity index (χ3v) is 3.32. The molecule has 0 aliphatic rings. The Morgan fingerprint density at radius 1 is 1.15 bits per heavy atom.